The van der Waals surface area contributed by atoms with Gasteiger partial charge in [0.15, 0.2) is 0 Å². The van der Waals surface area contributed by atoms with Crippen molar-refractivity contribution in [2.45, 2.75) is 66.0 Å². The van der Waals surface area contributed by atoms with Crippen molar-refractivity contribution < 1.29 is 8.78 Å². The fourth-order valence-corrected chi connectivity index (χ4v) is 3.04. The summed E-state index contributed by atoms with van der Waals surface area (Å²) >= 11 is 0. The summed E-state index contributed by atoms with van der Waals surface area (Å²) in [5.74, 6) is -0.462. The van der Waals surface area contributed by atoms with E-state index in [2.05, 4.69) is 39.5 Å². The molecule has 1 aliphatic heterocycles. The van der Waals surface area contributed by atoms with Crippen LogP contribution in [0, 0.1) is 11.3 Å². The Hall–Kier alpha value is -0.180. The molecule has 1 fully saturated rings. The van der Waals surface area contributed by atoms with Gasteiger partial charge in [-0.05, 0) is 38.6 Å². The normalized spacial score (nSPS) is 29.1. The standard InChI is InChI=1S/C13H25F2N/c1-9(2)16-8-6-7-10(12(14)15)11(16)13(3,4)5/h9-12H,6-8H2,1-5H3. The molecule has 0 radical (unpaired) electrons. The Bertz CT molecular complexity index is 204. The van der Waals surface area contributed by atoms with Crippen molar-refractivity contribution in [1.29, 1.82) is 0 Å². The summed E-state index contributed by atoms with van der Waals surface area (Å²) < 4.78 is 26.2. The molecule has 96 valence electrons. The molecule has 2 unspecified atom stereocenters. The van der Waals surface area contributed by atoms with E-state index in [0.29, 0.717) is 12.5 Å². The van der Waals surface area contributed by atoms with Crippen LogP contribution in [0.25, 0.3) is 0 Å². The zero-order chi connectivity index (χ0) is 12.5. The molecule has 0 saturated carbocycles. The summed E-state index contributed by atoms with van der Waals surface area (Å²) in [6.07, 6.45) is -0.617. The van der Waals surface area contributed by atoms with Crippen LogP contribution in [0.15, 0.2) is 0 Å². The summed E-state index contributed by atoms with van der Waals surface area (Å²) in [6, 6.07) is 0.354. The molecule has 16 heavy (non-hydrogen) atoms. The number of nitrogens with zero attached hydrogens (tertiary/aromatic N) is 1. The van der Waals surface area contributed by atoms with Crippen molar-refractivity contribution in [2.75, 3.05) is 6.54 Å². The Kier molecular flexibility index (Phi) is 4.33. The summed E-state index contributed by atoms with van der Waals surface area (Å²) in [7, 11) is 0. The Morgan fingerprint density at radius 1 is 1.19 bits per heavy atom. The molecule has 0 bridgehead atoms. The minimum Gasteiger partial charge on any atom is -0.297 e. The highest BCUT2D eigenvalue weighted by atomic mass is 19.3. The van der Waals surface area contributed by atoms with Gasteiger partial charge < -0.3 is 0 Å². The minimum atomic E-state index is -2.19. The van der Waals surface area contributed by atoms with Crippen molar-refractivity contribution in [3.8, 4) is 0 Å². The zero-order valence-electron chi connectivity index (χ0n) is 11.1. The molecule has 1 heterocycles. The van der Waals surface area contributed by atoms with Crippen LogP contribution in [0.4, 0.5) is 8.78 Å². The monoisotopic (exact) mass is 233 g/mol. The molecule has 0 aliphatic carbocycles. The molecule has 0 spiro atoms. The molecule has 0 aromatic heterocycles. The largest absolute Gasteiger partial charge is 0.297 e. The topological polar surface area (TPSA) is 3.24 Å². The third-order valence-corrected chi connectivity index (χ3v) is 3.59. The summed E-state index contributed by atoms with van der Waals surface area (Å²) in [6.45, 7) is 11.4. The van der Waals surface area contributed by atoms with E-state index in [9.17, 15) is 8.78 Å². The molecule has 0 aromatic rings. The maximum Gasteiger partial charge on any atom is 0.242 e. The molecule has 0 amide bonds. The minimum absolute atomic E-state index is 0.00116. The van der Waals surface area contributed by atoms with Gasteiger partial charge in [0.1, 0.15) is 0 Å². The molecular formula is C13H25F2N. The number of piperidine rings is 1. The first-order valence-electron chi connectivity index (χ1n) is 6.29. The maximum absolute atomic E-state index is 13.1. The Balaban J connectivity index is 2.94. The van der Waals surface area contributed by atoms with Gasteiger partial charge in [-0.3, -0.25) is 4.90 Å². The van der Waals surface area contributed by atoms with Gasteiger partial charge in [-0.1, -0.05) is 20.8 Å². The second kappa shape index (κ2) is 4.99. The summed E-state index contributed by atoms with van der Waals surface area (Å²) in [4.78, 5) is 2.26. The van der Waals surface area contributed by atoms with Crippen molar-refractivity contribution >= 4 is 0 Å². The third kappa shape index (κ3) is 2.93. The molecular weight excluding hydrogens is 208 g/mol. The first kappa shape index (κ1) is 13.9. The van der Waals surface area contributed by atoms with E-state index in [1.165, 1.54) is 0 Å². The van der Waals surface area contributed by atoms with Crippen LogP contribution < -0.4 is 0 Å². The van der Waals surface area contributed by atoms with Gasteiger partial charge in [0, 0.05) is 18.0 Å². The molecule has 1 nitrogen and oxygen atoms in total. The van der Waals surface area contributed by atoms with Crippen LogP contribution in [0.1, 0.15) is 47.5 Å². The smallest absolute Gasteiger partial charge is 0.242 e. The van der Waals surface area contributed by atoms with Crippen LogP contribution in [0.2, 0.25) is 0 Å². The highest BCUT2D eigenvalue weighted by Crippen LogP contribution is 2.39. The lowest BCUT2D eigenvalue weighted by molar-refractivity contribution is -0.0670. The SMILES string of the molecule is CC(C)N1CCCC(C(F)F)C1C(C)(C)C. The van der Waals surface area contributed by atoms with Gasteiger partial charge >= 0.3 is 0 Å². The number of halogens is 2. The van der Waals surface area contributed by atoms with Gasteiger partial charge in [-0.2, -0.15) is 0 Å². The first-order valence-corrected chi connectivity index (χ1v) is 6.29. The van der Waals surface area contributed by atoms with Gasteiger partial charge in [-0.25, -0.2) is 8.78 Å². The second-order valence-electron chi connectivity index (χ2n) is 6.28. The average molecular weight is 233 g/mol. The molecule has 1 rings (SSSR count). The fourth-order valence-electron chi connectivity index (χ4n) is 3.04. The van der Waals surface area contributed by atoms with E-state index in [0.717, 1.165) is 13.0 Å². The lowest BCUT2D eigenvalue weighted by atomic mass is 9.73. The average Bonchev–Trinajstić information content (AvgIpc) is 2.15. The third-order valence-electron chi connectivity index (χ3n) is 3.59. The van der Waals surface area contributed by atoms with E-state index in [1.807, 2.05) is 0 Å². The number of hydrogen-bond donors (Lipinski definition) is 0. The molecule has 1 saturated heterocycles. The van der Waals surface area contributed by atoms with E-state index in [4.69, 9.17) is 0 Å². The van der Waals surface area contributed by atoms with Crippen LogP contribution in [0.5, 0.6) is 0 Å². The number of alkyl halides is 2. The quantitative estimate of drug-likeness (QED) is 0.701. The van der Waals surface area contributed by atoms with Crippen LogP contribution in [0.3, 0.4) is 0 Å². The van der Waals surface area contributed by atoms with Crippen molar-refractivity contribution in [3.63, 3.8) is 0 Å². The van der Waals surface area contributed by atoms with Crippen molar-refractivity contribution in [3.05, 3.63) is 0 Å². The lowest BCUT2D eigenvalue weighted by Crippen LogP contribution is -2.56. The predicted molar refractivity (Wildman–Crippen MR) is 63.8 cm³/mol. The predicted octanol–water partition coefficient (Wildman–Crippen LogP) is 3.79. The molecule has 0 N–H and O–H groups in total. The van der Waals surface area contributed by atoms with E-state index in [1.54, 1.807) is 0 Å². The maximum atomic E-state index is 13.1. The molecule has 2 atom stereocenters. The highest BCUT2D eigenvalue weighted by molar-refractivity contribution is 4.94. The van der Waals surface area contributed by atoms with Gasteiger partial charge in [-0.15, -0.1) is 0 Å². The number of likely N-dealkylation sites (tertiary alicyclic amines) is 1. The Labute approximate surface area is 98.2 Å². The molecule has 0 aromatic carbocycles. The lowest BCUT2D eigenvalue weighted by Gasteiger charge is -2.49. The van der Waals surface area contributed by atoms with Gasteiger partial charge in [0.2, 0.25) is 6.43 Å². The van der Waals surface area contributed by atoms with Gasteiger partial charge in [0.05, 0.1) is 0 Å². The summed E-state index contributed by atoms with van der Waals surface area (Å²) in [5, 5.41) is 0. The first-order chi connectivity index (χ1) is 7.25. The van der Waals surface area contributed by atoms with Crippen molar-refractivity contribution in [2.24, 2.45) is 11.3 Å². The molecule has 3 heteroatoms. The number of hydrogen-bond acceptors (Lipinski definition) is 1. The number of rotatable bonds is 2. The second-order valence-corrected chi connectivity index (χ2v) is 6.28. The van der Waals surface area contributed by atoms with Crippen molar-refractivity contribution in [1.82, 2.24) is 4.90 Å². The van der Waals surface area contributed by atoms with E-state index < -0.39 is 12.3 Å². The summed E-state index contributed by atoms with van der Waals surface area (Å²) in [5.41, 5.74) is -0.0776. The van der Waals surface area contributed by atoms with Crippen LogP contribution >= 0.6 is 0 Å². The highest BCUT2D eigenvalue weighted by Gasteiger charge is 2.43. The Morgan fingerprint density at radius 2 is 1.75 bits per heavy atom. The Morgan fingerprint density at radius 3 is 2.12 bits per heavy atom. The zero-order valence-corrected chi connectivity index (χ0v) is 11.1. The fraction of sp³-hybridized carbons (Fsp3) is 1.00. The van der Waals surface area contributed by atoms with E-state index in [-0.39, 0.29) is 11.5 Å². The van der Waals surface area contributed by atoms with Crippen LogP contribution in [-0.4, -0.2) is 30.0 Å². The van der Waals surface area contributed by atoms with E-state index >= 15 is 0 Å². The van der Waals surface area contributed by atoms with Gasteiger partial charge in [0.25, 0.3) is 0 Å². The van der Waals surface area contributed by atoms with Crippen LogP contribution in [-0.2, 0) is 0 Å². The molecule has 1 aliphatic rings.